The quantitative estimate of drug-likeness (QED) is 0.869. The van der Waals surface area contributed by atoms with Gasteiger partial charge in [0.1, 0.15) is 0 Å². The molecule has 0 aliphatic heterocycles. The Balaban J connectivity index is 2.18. The molecule has 0 heterocycles. The molecule has 0 saturated heterocycles. The Bertz CT molecular complexity index is 561. The predicted molar refractivity (Wildman–Crippen MR) is 78.3 cm³/mol. The van der Waals surface area contributed by atoms with Crippen LogP contribution in [0.4, 0.5) is 0 Å². The van der Waals surface area contributed by atoms with E-state index in [0.29, 0.717) is 0 Å². The van der Waals surface area contributed by atoms with Crippen LogP contribution in [0, 0.1) is 0 Å². The highest BCUT2D eigenvalue weighted by Crippen LogP contribution is 2.24. The second-order valence-corrected chi connectivity index (χ2v) is 4.74. The van der Waals surface area contributed by atoms with E-state index in [-0.39, 0.29) is 5.92 Å². The Labute approximate surface area is 118 Å². The van der Waals surface area contributed by atoms with E-state index >= 15 is 0 Å². The van der Waals surface area contributed by atoms with E-state index in [1.807, 2.05) is 54.6 Å². The third kappa shape index (κ3) is 3.06. The molecule has 3 nitrogen and oxygen atoms in total. The first-order chi connectivity index (χ1) is 9.63. The van der Waals surface area contributed by atoms with Crippen LogP contribution in [0.5, 0.6) is 0 Å². The van der Waals surface area contributed by atoms with Crippen molar-refractivity contribution in [3.05, 3.63) is 60.2 Å². The van der Waals surface area contributed by atoms with Crippen molar-refractivity contribution in [1.29, 1.82) is 0 Å². The van der Waals surface area contributed by atoms with Gasteiger partial charge in [-0.1, -0.05) is 61.5 Å². The molecule has 0 aliphatic rings. The number of aliphatic hydroxyl groups excluding tert-OH is 1. The zero-order chi connectivity index (χ0) is 14.5. The van der Waals surface area contributed by atoms with Gasteiger partial charge in [0, 0.05) is 5.92 Å². The van der Waals surface area contributed by atoms with Crippen LogP contribution in [-0.2, 0) is 9.53 Å². The van der Waals surface area contributed by atoms with Crippen LogP contribution < -0.4 is 0 Å². The fourth-order valence-electron chi connectivity index (χ4n) is 2.12. The van der Waals surface area contributed by atoms with Crippen molar-refractivity contribution < 1.29 is 14.6 Å². The lowest BCUT2D eigenvalue weighted by Crippen LogP contribution is -2.27. The fraction of sp³-hybridized carbons (Fsp3) is 0.235. The van der Waals surface area contributed by atoms with Crippen molar-refractivity contribution in [1.82, 2.24) is 0 Å². The van der Waals surface area contributed by atoms with Crippen molar-refractivity contribution in [2.75, 3.05) is 7.11 Å². The SMILES string of the molecule is COC(=O)C(O)C(C)c1ccc(-c2ccccc2)cc1. The molecule has 0 spiro atoms. The molecule has 3 heteroatoms. The lowest BCUT2D eigenvalue weighted by atomic mass is 9.93. The summed E-state index contributed by atoms with van der Waals surface area (Å²) < 4.78 is 4.56. The summed E-state index contributed by atoms with van der Waals surface area (Å²) in [6.45, 7) is 1.80. The second kappa shape index (κ2) is 6.35. The molecule has 0 saturated carbocycles. The molecule has 2 aromatic carbocycles. The first-order valence-electron chi connectivity index (χ1n) is 6.54. The molecular weight excluding hydrogens is 252 g/mol. The Morgan fingerprint density at radius 2 is 1.55 bits per heavy atom. The molecule has 1 N–H and O–H groups in total. The van der Waals surface area contributed by atoms with Crippen molar-refractivity contribution in [3.63, 3.8) is 0 Å². The van der Waals surface area contributed by atoms with Crippen LogP contribution in [0.15, 0.2) is 54.6 Å². The number of carbonyl (C=O) groups excluding carboxylic acids is 1. The average molecular weight is 270 g/mol. The van der Waals surface area contributed by atoms with E-state index < -0.39 is 12.1 Å². The molecule has 2 aromatic rings. The second-order valence-electron chi connectivity index (χ2n) is 4.74. The van der Waals surface area contributed by atoms with E-state index in [9.17, 15) is 9.90 Å². The molecule has 20 heavy (non-hydrogen) atoms. The first-order valence-corrected chi connectivity index (χ1v) is 6.54. The fourth-order valence-corrected chi connectivity index (χ4v) is 2.12. The van der Waals surface area contributed by atoms with Gasteiger partial charge in [-0.2, -0.15) is 0 Å². The highest BCUT2D eigenvalue weighted by Gasteiger charge is 2.24. The molecule has 0 fully saturated rings. The van der Waals surface area contributed by atoms with E-state index in [0.717, 1.165) is 16.7 Å². The van der Waals surface area contributed by atoms with Gasteiger partial charge in [0.2, 0.25) is 0 Å². The number of esters is 1. The first kappa shape index (κ1) is 14.3. The minimum absolute atomic E-state index is 0.299. The summed E-state index contributed by atoms with van der Waals surface area (Å²) in [4.78, 5) is 11.3. The highest BCUT2D eigenvalue weighted by molar-refractivity contribution is 5.75. The van der Waals surface area contributed by atoms with Crippen molar-refractivity contribution >= 4 is 5.97 Å². The van der Waals surface area contributed by atoms with Gasteiger partial charge in [0.15, 0.2) is 6.10 Å². The van der Waals surface area contributed by atoms with E-state index in [2.05, 4.69) is 4.74 Å². The van der Waals surface area contributed by atoms with Crippen LogP contribution >= 0.6 is 0 Å². The number of rotatable bonds is 4. The third-order valence-electron chi connectivity index (χ3n) is 3.46. The molecule has 0 aliphatic carbocycles. The predicted octanol–water partition coefficient (Wildman–Crippen LogP) is 2.99. The molecular formula is C17H18O3. The summed E-state index contributed by atoms with van der Waals surface area (Å²) in [5.41, 5.74) is 3.15. The lowest BCUT2D eigenvalue weighted by molar-refractivity contribution is -0.151. The Morgan fingerprint density at radius 1 is 1.00 bits per heavy atom. The number of benzene rings is 2. The summed E-state index contributed by atoms with van der Waals surface area (Å²) in [5, 5.41) is 9.85. The summed E-state index contributed by atoms with van der Waals surface area (Å²) >= 11 is 0. The van der Waals surface area contributed by atoms with Crippen LogP contribution in [0.1, 0.15) is 18.4 Å². The van der Waals surface area contributed by atoms with Crippen LogP contribution in [0.25, 0.3) is 11.1 Å². The van der Waals surface area contributed by atoms with Crippen LogP contribution in [-0.4, -0.2) is 24.3 Å². The zero-order valence-corrected chi connectivity index (χ0v) is 11.6. The van der Waals surface area contributed by atoms with Crippen molar-refractivity contribution in [2.24, 2.45) is 0 Å². The highest BCUT2D eigenvalue weighted by atomic mass is 16.5. The number of hydrogen-bond donors (Lipinski definition) is 1. The molecule has 0 aromatic heterocycles. The van der Waals surface area contributed by atoms with E-state index in [4.69, 9.17) is 0 Å². The summed E-state index contributed by atoms with van der Waals surface area (Å²) in [6.07, 6.45) is -1.14. The van der Waals surface area contributed by atoms with E-state index in [1.165, 1.54) is 7.11 Å². The minimum atomic E-state index is -1.14. The monoisotopic (exact) mass is 270 g/mol. The number of carbonyl (C=O) groups is 1. The van der Waals surface area contributed by atoms with Gasteiger partial charge in [-0.3, -0.25) is 0 Å². The smallest absolute Gasteiger partial charge is 0.335 e. The maximum Gasteiger partial charge on any atom is 0.335 e. The minimum Gasteiger partial charge on any atom is -0.467 e. The number of methoxy groups -OCH3 is 1. The lowest BCUT2D eigenvalue weighted by Gasteiger charge is -2.17. The Morgan fingerprint density at radius 3 is 2.10 bits per heavy atom. The normalized spacial score (nSPS) is 13.6. The maximum absolute atomic E-state index is 11.3. The van der Waals surface area contributed by atoms with Gasteiger partial charge in [0.05, 0.1) is 7.11 Å². The molecule has 2 atom stereocenters. The number of aliphatic hydroxyl groups is 1. The molecule has 104 valence electrons. The van der Waals surface area contributed by atoms with E-state index in [1.54, 1.807) is 6.92 Å². The number of hydrogen-bond acceptors (Lipinski definition) is 3. The van der Waals surface area contributed by atoms with Gasteiger partial charge in [-0.25, -0.2) is 4.79 Å². The average Bonchev–Trinajstić information content (AvgIpc) is 2.53. The summed E-state index contributed by atoms with van der Waals surface area (Å²) in [6, 6.07) is 17.9. The van der Waals surface area contributed by atoms with Gasteiger partial charge >= 0.3 is 5.97 Å². The molecule has 0 radical (unpaired) electrons. The molecule has 0 amide bonds. The van der Waals surface area contributed by atoms with Gasteiger partial charge in [-0.05, 0) is 16.7 Å². The third-order valence-corrected chi connectivity index (χ3v) is 3.46. The van der Waals surface area contributed by atoms with Gasteiger partial charge in [0.25, 0.3) is 0 Å². The Kier molecular flexibility index (Phi) is 4.53. The summed E-state index contributed by atoms with van der Waals surface area (Å²) in [5.74, 6) is -0.906. The standard InChI is InChI=1S/C17H18O3/c1-12(16(18)17(19)20-2)13-8-10-15(11-9-13)14-6-4-3-5-7-14/h3-12,16,18H,1-2H3. The van der Waals surface area contributed by atoms with Gasteiger partial charge in [-0.15, -0.1) is 0 Å². The zero-order valence-electron chi connectivity index (χ0n) is 11.6. The molecule has 2 rings (SSSR count). The number of ether oxygens (including phenoxy) is 1. The summed E-state index contributed by atoms with van der Waals surface area (Å²) in [7, 11) is 1.27. The molecule has 2 unspecified atom stereocenters. The van der Waals surface area contributed by atoms with Crippen LogP contribution in [0.3, 0.4) is 0 Å². The van der Waals surface area contributed by atoms with Crippen molar-refractivity contribution in [2.45, 2.75) is 18.9 Å². The van der Waals surface area contributed by atoms with Crippen molar-refractivity contribution in [3.8, 4) is 11.1 Å². The van der Waals surface area contributed by atoms with Gasteiger partial charge < -0.3 is 9.84 Å². The van der Waals surface area contributed by atoms with Crippen LogP contribution in [0.2, 0.25) is 0 Å². The Hall–Kier alpha value is -2.13. The topological polar surface area (TPSA) is 46.5 Å². The largest absolute Gasteiger partial charge is 0.467 e. The molecule has 0 bridgehead atoms. The maximum atomic E-state index is 11.3.